The van der Waals surface area contributed by atoms with Crippen LogP contribution in [-0.4, -0.2) is 21.8 Å². The Morgan fingerprint density at radius 3 is 2.54 bits per heavy atom. The topological polar surface area (TPSA) is 53.2 Å². The molecule has 1 aromatic carbocycles. The first kappa shape index (κ1) is 16.4. The number of amides is 1. The van der Waals surface area contributed by atoms with Gasteiger partial charge in [-0.1, -0.05) is 43.5 Å². The molecular formula is C19H21FN2O2. The van der Waals surface area contributed by atoms with E-state index in [1.165, 1.54) is 18.6 Å². The molecule has 1 fully saturated rings. The lowest BCUT2D eigenvalue weighted by Gasteiger charge is -2.34. The van der Waals surface area contributed by atoms with Crippen LogP contribution in [-0.2, 0) is 6.54 Å². The molecule has 0 atom stereocenters. The van der Waals surface area contributed by atoms with Crippen LogP contribution in [0.4, 0.5) is 4.39 Å². The van der Waals surface area contributed by atoms with E-state index < -0.39 is 0 Å². The van der Waals surface area contributed by atoms with E-state index in [-0.39, 0.29) is 35.6 Å². The summed E-state index contributed by atoms with van der Waals surface area (Å²) in [5.74, 6) is -0.560. The monoisotopic (exact) mass is 328 g/mol. The van der Waals surface area contributed by atoms with Crippen LogP contribution in [0.15, 0.2) is 47.3 Å². The van der Waals surface area contributed by atoms with Crippen LogP contribution < -0.4 is 5.56 Å². The molecule has 24 heavy (non-hydrogen) atoms. The summed E-state index contributed by atoms with van der Waals surface area (Å²) in [5.41, 5.74) is 0.439. The van der Waals surface area contributed by atoms with E-state index in [1.54, 1.807) is 35.2 Å². The average molecular weight is 328 g/mol. The summed E-state index contributed by atoms with van der Waals surface area (Å²) in [7, 11) is 0. The molecule has 1 N–H and O–H groups in total. The fourth-order valence-electron chi connectivity index (χ4n) is 3.30. The number of carbonyl (C=O) groups excluding carboxylic acids is 1. The summed E-state index contributed by atoms with van der Waals surface area (Å²) in [6.07, 6.45) is 5.13. The van der Waals surface area contributed by atoms with Crippen molar-refractivity contribution in [3.63, 3.8) is 0 Å². The Balaban J connectivity index is 1.90. The molecule has 2 aromatic rings. The minimum atomic E-state index is -0.312. The predicted octanol–water partition coefficient (Wildman–Crippen LogP) is 3.49. The summed E-state index contributed by atoms with van der Waals surface area (Å²) in [5, 5.41) is 0. The number of carbonyl (C=O) groups is 1. The van der Waals surface area contributed by atoms with Gasteiger partial charge < -0.3 is 9.88 Å². The van der Waals surface area contributed by atoms with Crippen molar-refractivity contribution in [3.8, 4) is 0 Å². The Bertz CT molecular complexity index is 766. The standard InChI is InChI=1S/C19H21FN2O2/c20-16-10-5-4-7-14(16)13-22(15-8-2-1-3-9-15)19(24)17-11-6-12-18(23)21-17/h4-7,10-12,15H,1-3,8-9,13H2,(H,21,23). The molecule has 1 saturated carbocycles. The zero-order chi connectivity index (χ0) is 16.9. The first-order valence-electron chi connectivity index (χ1n) is 8.39. The molecular weight excluding hydrogens is 307 g/mol. The third-order valence-electron chi connectivity index (χ3n) is 4.57. The van der Waals surface area contributed by atoms with Gasteiger partial charge in [0.2, 0.25) is 5.56 Å². The zero-order valence-electron chi connectivity index (χ0n) is 13.5. The highest BCUT2D eigenvalue weighted by Gasteiger charge is 2.27. The van der Waals surface area contributed by atoms with Crippen molar-refractivity contribution in [3.05, 3.63) is 69.9 Å². The van der Waals surface area contributed by atoms with Crippen molar-refractivity contribution in [2.45, 2.75) is 44.7 Å². The summed E-state index contributed by atoms with van der Waals surface area (Å²) in [6, 6.07) is 11.1. The molecule has 3 rings (SSSR count). The van der Waals surface area contributed by atoms with Crippen molar-refractivity contribution in [2.75, 3.05) is 0 Å². The predicted molar refractivity (Wildman–Crippen MR) is 90.2 cm³/mol. The van der Waals surface area contributed by atoms with Crippen molar-refractivity contribution >= 4 is 5.91 Å². The van der Waals surface area contributed by atoms with Gasteiger partial charge >= 0.3 is 0 Å². The Morgan fingerprint density at radius 2 is 1.83 bits per heavy atom. The Hall–Kier alpha value is -2.43. The summed E-state index contributed by atoms with van der Waals surface area (Å²) in [4.78, 5) is 28.8. The van der Waals surface area contributed by atoms with Gasteiger partial charge in [0.05, 0.1) is 0 Å². The van der Waals surface area contributed by atoms with Crippen LogP contribution in [0.3, 0.4) is 0 Å². The van der Waals surface area contributed by atoms with Crippen LogP contribution in [0.2, 0.25) is 0 Å². The minimum absolute atomic E-state index is 0.0783. The number of benzene rings is 1. The average Bonchev–Trinajstić information content (AvgIpc) is 2.61. The van der Waals surface area contributed by atoms with E-state index in [2.05, 4.69) is 4.98 Å². The Labute approximate surface area is 140 Å². The van der Waals surface area contributed by atoms with Crippen molar-refractivity contribution in [1.82, 2.24) is 9.88 Å². The number of rotatable bonds is 4. The van der Waals surface area contributed by atoms with Gasteiger partial charge in [-0.2, -0.15) is 0 Å². The lowest BCUT2D eigenvalue weighted by molar-refractivity contribution is 0.0605. The molecule has 1 aromatic heterocycles. The number of nitrogens with one attached hydrogen (secondary N) is 1. The lowest BCUT2D eigenvalue weighted by atomic mass is 9.93. The molecule has 4 nitrogen and oxygen atoms in total. The number of aromatic nitrogens is 1. The molecule has 0 unspecified atom stereocenters. The number of hydrogen-bond acceptors (Lipinski definition) is 2. The quantitative estimate of drug-likeness (QED) is 0.934. The normalized spacial score (nSPS) is 15.2. The molecule has 1 aliphatic rings. The van der Waals surface area contributed by atoms with E-state index in [0.29, 0.717) is 5.56 Å². The molecule has 126 valence electrons. The number of pyridine rings is 1. The van der Waals surface area contributed by atoms with Gasteiger partial charge in [-0.25, -0.2) is 4.39 Å². The van der Waals surface area contributed by atoms with Crippen LogP contribution in [0, 0.1) is 5.82 Å². The van der Waals surface area contributed by atoms with Crippen LogP contribution >= 0.6 is 0 Å². The largest absolute Gasteiger partial charge is 0.330 e. The highest BCUT2D eigenvalue weighted by Crippen LogP contribution is 2.25. The van der Waals surface area contributed by atoms with E-state index in [1.807, 2.05) is 0 Å². The molecule has 1 aliphatic carbocycles. The molecule has 5 heteroatoms. The Morgan fingerprint density at radius 1 is 1.08 bits per heavy atom. The van der Waals surface area contributed by atoms with Crippen LogP contribution in [0.25, 0.3) is 0 Å². The van der Waals surface area contributed by atoms with Gasteiger partial charge in [0, 0.05) is 24.2 Å². The van der Waals surface area contributed by atoms with Crippen molar-refractivity contribution in [2.24, 2.45) is 0 Å². The van der Waals surface area contributed by atoms with Gasteiger partial charge in [0.1, 0.15) is 11.5 Å². The Kier molecular flexibility index (Phi) is 5.08. The van der Waals surface area contributed by atoms with Gasteiger partial charge in [-0.15, -0.1) is 0 Å². The minimum Gasteiger partial charge on any atom is -0.330 e. The van der Waals surface area contributed by atoms with Crippen LogP contribution in [0.1, 0.15) is 48.2 Å². The van der Waals surface area contributed by atoms with E-state index in [9.17, 15) is 14.0 Å². The third-order valence-corrected chi connectivity index (χ3v) is 4.57. The van der Waals surface area contributed by atoms with Crippen molar-refractivity contribution < 1.29 is 9.18 Å². The van der Waals surface area contributed by atoms with Crippen LogP contribution in [0.5, 0.6) is 0 Å². The fourth-order valence-corrected chi connectivity index (χ4v) is 3.30. The maximum atomic E-state index is 14.1. The van der Waals surface area contributed by atoms with Gasteiger partial charge in [0.25, 0.3) is 5.91 Å². The molecule has 0 bridgehead atoms. The maximum absolute atomic E-state index is 14.1. The SMILES string of the molecule is O=C(c1cccc(=O)[nH]1)N(Cc1ccccc1F)C1CCCCC1. The molecule has 1 amide bonds. The number of nitrogens with zero attached hydrogens (tertiary/aromatic N) is 1. The second kappa shape index (κ2) is 7.43. The van der Waals surface area contributed by atoms with Gasteiger partial charge in [-0.05, 0) is 25.0 Å². The third kappa shape index (κ3) is 3.72. The van der Waals surface area contributed by atoms with Gasteiger partial charge in [-0.3, -0.25) is 9.59 Å². The fraction of sp³-hybridized carbons (Fsp3) is 0.368. The summed E-state index contributed by atoms with van der Waals surface area (Å²) in [6.45, 7) is 0.215. The first-order valence-corrected chi connectivity index (χ1v) is 8.39. The summed E-state index contributed by atoms with van der Waals surface area (Å²) >= 11 is 0. The molecule has 0 radical (unpaired) electrons. The van der Waals surface area contributed by atoms with E-state index >= 15 is 0 Å². The highest BCUT2D eigenvalue weighted by atomic mass is 19.1. The number of H-pyrrole nitrogens is 1. The molecule has 0 aliphatic heterocycles. The second-order valence-corrected chi connectivity index (χ2v) is 6.25. The zero-order valence-corrected chi connectivity index (χ0v) is 13.5. The van der Waals surface area contributed by atoms with Crippen molar-refractivity contribution in [1.29, 1.82) is 0 Å². The maximum Gasteiger partial charge on any atom is 0.270 e. The molecule has 0 spiro atoms. The van der Waals surface area contributed by atoms with Gasteiger partial charge in [0.15, 0.2) is 0 Å². The van der Waals surface area contributed by atoms with E-state index in [4.69, 9.17) is 0 Å². The van der Waals surface area contributed by atoms with E-state index in [0.717, 1.165) is 25.7 Å². The highest BCUT2D eigenvalue weighted by molar-refractivity contribution is 5.92. The smallest absolute Gasteiger partial charge is 0.270 e. The number of hydrogen-bond donors (Lipinski definition) is 1. The summed E-state index contributed by atoms with van der Waals surface area (Å²) < 4.78 is 14.1. The molecule has 1 heterocycles. The number of aromatic amines is 1. The lowest BCUT2D eigenvalue weighted by Crippen LogP contribution is -2.41. The second-order valence-electron chi connectivity index (χ2n) is 6.25. The number of halogens is 1. The molecule has 0 saturated heterocycles. The first-order chi connectivity index (χ1) is 11.6.